The van der Waals surface area contributed by atoms with Gasteiger partial charge in [0.1, 0.15) is 0 Å². The Morgan fingerprint density at radius 3 is 2.30 bits per heavy atom. The lowest BCUT2D eigenvalue weighted by molar-refractivity contribution is 0.0946. The van der Waals surface area contributed by atoms with Crippen LogP contribution in [-0.4, -0.2) is 37.6 Å². The number of anilines is 1. The second-order valence-corrected chi connectivity index (χ2v) is 9.68. The third-order valence-electron chi connectivity index (χ3n) is 5.47. The number of benzene rings is 2. The van der Waals surface area contributed by atoms with Crippen LogP contribution in [0.15, 0.2) is 76.2 Å². The summed E-state index contributed by atoms with van der Waals surface area (Å²) in [5, 5.41) is 5.52. The van der Waals surface area contributed by atoms with Crippen LogP contribution in [0.25, 0.3) is 0 Å². The van der Waals surface area contributed by atoms with Gasteiger partial charge in [-0.05, 0) is 54.8 Å². The van der Waals surface area contributed by atoms with Crippen LogP contribution in [0, 0.1) is 0 Å². The van der Waals surface area contributed by atoms with Gasteiger partial charge in [0.25, 0.3) is 11.8 Å². The third-order valence-corrected chi connectivity index (χ3v) is 7.43. The highest BCUT2D eigenvalue weighted by molar-refractivity contribution is 7.89. The molecule has 1 fully saturated rings. The molecule has 2 amide bonds. The molecule has 0 spiro atoms. The Kier molecular flexibility index (Phi) is 6.90. The second kappa shape index (κ2) is 10.0. The van der Waals surface area contributed by atoms with E-state index in [1.54, 1.807) is 48.5 Å². The van der Waals surface area contributed by atoms with Crippen molar-refractivity contribution < 1.29 is 22.4 Å². The number of hydrogen-bond donors (Lipinski definition) is 2. The first-order valence-electron chi connectivity index (χ1n) is 10.8. The molecule has 1 aliphatic rings. The van der Waals surface area contributed by atoms with Crippen molar-refractivity contribution in [2.75, 3.05) is 18.4 Å². The van der Waals surface area contributed by atoms with E-state index in [-0.39, 0.29) is 28.7 Å². The van der Waals surface area contributed by atoms with E-state index in [0.29, 0.717) is 18.8 Å². The van der Waals surface area contributed by atoms with Crippen LogP contribution < -0.4 is 10.6 Å². The second-order valence-electron chi connectivity index (χ2n) is 7.77. The van der Waals surface area contributed by atoms with Crippen LogP contribution in [-0.2, 0) is 16.6 Å². The fourth-order valence-corrected chi connectivity index (χ4v) is 5.41. The highest BCUT2D eigenvalue weighted by Crippen LogP contribution is 2.23. The van der Waals surface area contributed by atoms with Crippen LogP contribution in [0.1, 0.15) is 45.7 Å². The zero-order valence-electron chi connectivity index (χ0n) is 18.0. The lowest BCUT2D eigenvalue weighted by atomic mass is 10.1. The number of amides is 2. The third kappa shape index (κ3) is 5.32. The van der Waals surface area contributed by atoms with Crippen LogP contribution >= 0.6 is 0 Å². The summed E-state index contributed by atoms with van der Waals surface area (Å²) in [4.78, 5) is 24.9. The molecule has 0 atom stereocenters. The fraction of sp³-hybridized carbons (Fsp3) is 0.250. The molecule has 2 aromatic carbocycles. The number of carbonyl (C=O) groups is 2. The molecule has 1 aromatic heterocycles. The van der Waals surface area contributed by atoms with Gasteiger partial charge in [-0.2, -0.15) is 4.31 Å². The number of nitrogens with zero attached hydrogens (tertiary/aromatic N) is 1. The zero-order valence-corrected chi connectivity index (χ0v) is 18.8. The van der Waals surface area contributed by atoms with E-state index in [4.69, 9.17) is 4.42 Å². The van der Waals surface area contributed by atoms with Gasteiger partial charge in [0.05, 0.1) is 16.7 Å². The Hall–Kier alpha value is -3.43. The Morgan fingerprint density at radius 2 is 1.61 bits per heavy atom. The largest absolute Gasteiger partial charge is 0.459 e. The zero-order chi connectivity index (χ0) is 23.3. The summed E-state index contributed by atoms with van der Waals surface area (Å²) < 4.78 is 32.7. The van der Waals surface area contributed by atoms with E-state index < -0.39 is 15.9 Å². The van der Waals surface area contributed by atoms with Crippen molar-refractivity contribution in [1.82, 2.24) is 9.62 Å². The van der Waals surface area contributed by atoms with Gasteiger partial charge < -0.3 is 15.1 Å². The minimum Gasteiger partial charge on any atom is -0.459 e. The molecule has 0 bridgehead atoms. The molecular weight excluding hydrogens is 442 g/mol. The Morgan fingerprint density at radius 1 is 0.879 bits per heavy atom. The van der Waals surface area contributed by atoms with Crippen LogP contribution in [0.2, 0.25) is 0 Å². The van der Waals surface area contributed by atoms with Crippen molar-refractivity contribution in [3.8, 4) is 0 Å². The predicted octanol–water partition coefficient (Wildman–Crippen LogP) is 3.64. The van der Waals surface area contributed by atoms with Gasteiger partial charge in [0, 0.05) is 25.3 Å². The maximum absolute atomic E-state index is 13.1. The van der Waals surface area contributed by atoms with E-state index >= 15 is 0 Å². The molecular formula is C24H25N3O5S. The molecule has 0 unspecified atom stereocenters. The van der Waals surface area contributed by atoms with Crippen LogP contribution in [0.4, 0.5) is 5.69 Å². The van der Waals surface area contributed by atoms with Crippen molar-refractivity contribution in [2.45, 2.75) is 30.7 Å². The summed E-state index contributed by atoms with van der Waals surface area (Å²) in [5.41, 5.74) is 1.52. The normalized spacial score (nSPS) is 14.5. The van der Waals surface area contributed by atoms with E-state index in [1.165, 1.54) is 22.7 Å². The number of nitrogens with one attached hydrogen (secondary N) is 2. The van der Waals surface area contributed by atoms with Crippen molar-refractivity contribution in [3.05, 3.63) is 83.8 Å². The van der Waals surface area contributed by atoms with Crippen molar-refractivity contribution in [2.24, 2.45) is 0 Å². The van der Waals surface area contributed by atoms with Gasteiger partial charge in [0.15, 0.2) is 5.76 Å². The van der Waals surface area contributed by atoms with E-state index in [9.17, 15) is 18.0 Å². The molecule has 8 nitrogen and oxygen atoms in total. The summed E-state index contributed by atoms with van der Waals surface area (Å²) in [5.74, 6) is -0.599. The Balaban J connectivity index is 1.41. The van der Waals surface area contributed by atoms with E-state index in [1.807, 2.05) is 0 Å². The Bertz CT molecular complexity index is 1220. The Labute approximate surface area is 192 Å². The smallest absolute Gasteiger partial charge is 0.291 e. The molecule has 2 N–H and O–H groups in total. The van der Waals surface area contributed by atoms with Gasteiger partial charge in [-0.3, -0.25) is 9.59 Å². The first-order valence-corrected chi connectivity index (χ1v) is 12.2. The minimum atomic E-state index is -3.73. The number of sulfonamides is 1. The number of rotatable bonds is 7. The summed E-state index contributed by atoms with van der Waals surface area (Å²) in [6.07, 6.45) is 4.09. The molecule has 0 aliphatic carbocycles. The minimum absolute atomic E-state index is 0.0281. The average Bonchev–Trinajstić information content (AvgIpc) is 3.39. The number of furan rings is 1. The van der Waals surface area contributed by atoms with Gasteiger partial charge in [-0.25, -0.2) is 8.42 Å². The summed E-state index contributed by atoms with van der Waals surface area (Å²) in [6, 6.07) is 16.5. The lowest BCUT2D eigenvalue weighted by Crippen LogP contribution is -2.37. The standard InChI is InChI=1S/C24H25N3O5S/c28-23(20-7-2-3-9-22(20)33(30,31)27-14-4-1-5-15-27)25-17-18-10-12-19(13-11-18)26-24(29)21-8-6-16-32-21/h2-3,6-13,16H,1,4-5,14-15,17H2,(H,25,28)(H,26,29). The monoisotopic (exact) mass is 467 g/mol. The summed E-state index contributed by atoms with van der Waals surface area (Å²) in [6.45, 7) is 1.16. The summed E-state index contributed by atoms with van der Waals surface area (Å²) in [7, 11) is -3.73. The molecule has 4 rings (SSSR count). The number of hydrogen-bond acceptors (Lipinski definition) is 5. The average molecular weight is 468 g/mol. The van der Waals surface area contributed by atoms with E-state index in [0.717, 1.165) is 24.8 Å². The van der Waals surface area contributed by atoms with Crippen LogP contribution in [0.3, 0.4) is 0 Å². The molecule has 0 saturated carbocycles. The van der Waals surface area contributed by atoms with Crippen molar-refractivity contribution in [1.29, 1.82) is 0 Å². The molecule has 3 aromatic rings. The highest BCUT2D eigenvalue weighted by atomic mass is 32.2. The van der Waals surface area contributed by atoms with Crippen LogP contribution in [0.5, 0.6) is 0 Å². The SMILES string of the molecule is O=C(Nc1ccc(CNC(=O)c2ccccc2S(=O)(=O)N2CCCCC2)cc1)c1ccco1. The highest BCUT2D eigenvalue weighted by Gasteiger charge is 2.29. The first-order chi connectivity index (χ1) is 15.9. The maximum Gasteiger partial charge on any atom is 0.291 e. The molecule has 1 aliphatic heterocycles. The van der Waals surface area contributed by atoms with Gasteiger partial charge in [-0.1, -0.05) is 30.7 Å². The number of piperidine rings is 1. The van der Waals surface area contributed by atoms with Crippen molar-refractivity contribution in [3.63, 3.8) is 0 Å². The summed E-state index contributed by atoms with van der Waals surface area (Å²) >= 11 is 0. The van der Waals surface area contributed by atoms with Gasteiger partial charge in [-0.15, -0.1) is 0 Å². The molecule has 9 heteroatoms. The fourth-order valence-electron chi connectivity index (χ4n) is 3.71. The molecule has 2 heterocycles. The molecule has 0 radical (unpaired) electrons. The van der Waals surface area contributed by atoms with Gasteiger partial charge >= 0.3 is 0 Å². The molecule has 172 valence electrons. The lowest BCUT2D eigenvalue weighted by Gasteiger charge is -2.26. The topological polar surface area (TPSA) is 109 Å². The number of carbonyl (C=O) groups excluding carboxylic acids is 2. The van der Waals surface area contributed by atoms with E-state index in [2.05, 4.69) is 10.6 Å². The quantitative estimate of drug-likeness (QED) is 0.552. The first kappa shape index (κ1) is 22.8. The predicted molar refractivity (Wildman–Crippen MR) is 123 cm³/mol. The molecule has 33 heavy (non-hydrogen) atoms. The van der Waals surface area contributed by atoms with Gasteiger partial charge in [0.2, 0.25) is 10.0 Å². The molecule has 1 saturated heterocycles. The maximum atomic E-state index is 13.1. The van der Waals surface area contributed by atoms with Crippen molar-refractivity contribution >= 4 is 27.5 Å².